The summed E-state index contributed by atoms with van der Waals surface area (Å²) in [4.78, 5) is 0. The maximum absolute atomic E-state index is 6.69. The van der Waals surface area contributed by atoms with Gasteiger partial charge in [0.1, 0.15) is 11.2 Å². The summed E-state index contributed by atoms with van der Waals surface area (Å²) >= 11 is 0. The molecule has 0 fully saturated rings. The molecule has 1 atom stereocenters. The van der Waals surface area contributed by atoms with Crippen molar-refractivity contribution in [2.45, 2.75) is 51.0 Å². The lowest BCUT2D eigenvalue weighted by Crippen LogP contribution is -2.22. The van der Waals surface area contributed by atoms with Gasteiger partial charge in [-0.25, -0.2) is 0 Å². The first kappa shape index (κ1) is 37.9. The minimum atomic E-state index is -0.165. The van der Waals surface area contributed by atoms with E-state index in [0.717, 1.165) is 64.4 Å². The Labute approximate surface area is 378 Å². The molecular formula is C60H48N4O. The number of hydrogen-bond acceptors (Lipinski definition) is 3. The first-order valence-corrected chi connectivity index (χ1v) is 23.0. The summed E-state index contributed by atoms with van der Waals surface area (Å²) in [5, 5.41) is 6.08. The van der Waals surface area contributed by atoms with Crippen LogP contribution >= 0.6 is 0 Å². The van der Waals surface area contributed by atoms with Gasteiger partial charge in [0.15, 0.2) is 0 Å². The molecule has 0 amide bonds. The molecule has 314 valence electrons. The van der Waals surface area contributed by atoms with Crippen LogP contribution < -0.4 is 11.3 Å². The number of benzene rings is 7. The monoisotopic (exact) mass is 840 g/mol. The molecule has 65 heavy (non-hydrogen) atoms. The van der Waals surface area contributed by atoms with Crippen LogP contribution in [0.5, 0.6) is 0 Å². The molecule has 0 aliphatic heterocycles. The van der Waals surface area contributed by atoms with E-state index in [4.69, 9.17) is 10.3 Å². The van der Waals surface area contributed by atoms with Crippen molar-refractivity contribution in [1.82, 2.24) is 14.6 Å². The maximum Gasteiger partial charge on any atom is 0.137 e. The van der Waals surface area contributed by atoms with Crippen LogP contribution in [0.3, 0.4) is 0 Å². The Bertz CT molecular complexity index is 3700. The van der Waals surface area contributed by atoms with E-state index < -0.39 is 0 Å². The summed E-state index contributed by atoms with van der Waals surface area (Å²) in [6.45, 7) is 4.79. The smallest absolute Gasteiger partial charge is 0.137 e. The molecule has 0 bridgehead atoms. The Morgan fingerprint density at radius 2 is 1.34 bits per heavy atom. The van der Waals surface area contributed by atoms with Crippen LogP contribution in [0.25, 0.3) is 88.8 Å². The third-order valence-corrected chi connectivity index (χ3v) is 14.7. The lowest BCUT2D eigenvalue weighted by molar-refractivity contribution is 0.651. The normalized spacial score (nSPS) is 16.0. The number of allylic oxidation sites excluding steroid dienone is 6. The van der Waals surface area contributed by atoms with Crippen molar-refractivity contribution in [1.29, 1.82) is 0 Å². The van der Waals surface area contributed by atoms with Gasteiger partial charge in [0, 0.05) is 55.3 Å². The summed E-state index contributed by atoms with van der Waals surface area (Å²) in [7, 11) is 0. The van der Waals surface area contributed by atoms with Gasteiger partial charge in [-0.05, 0) is 143 Å². The van der Waals surface area contributed by atoms with Crippen LogP contribution in [-0.2, 0) is 11.8 Å². The highest BCUT2D eigenvalue weighted by Crippen LogP contribution is 2.52. The van der Waals surface area contributed by atoms with Gasteiger partial charge in [-0.3, -0.25) is 5.84 Å². The van der Waals surface area contributed by atoms with Crippen LogP contribution in [-0.4, -0.2) is 9.13 Å². The van der Waals surface area contributed by atoms with Crippen LogP contribution in [0.2, 0.25) is 0 Å². The van der Waals surface area contributed by atoms with E-state index in [2.05, 4.69) is 204 Å². The largest absolute Gasteiger partial charge is 0.456 e. The Morgan fingerprint density at radius 3 is 2.14 bits per heavy atom. The molecule has 3 heterocycles. The Hall–Kier alpha value is -7.60. The lowest BCUT2D eigenvalue weighted by atomic mass is 9.80. The molecule has 0 saturated heterocycles. The van der Waals surface area contributed by atoms with Crippen molar-refractivity contribution in [2.24, 2.45) is 5.84 Å². The summed E-state index contributed by atoms with van der Waals surface area (Å²) in [6.07, 6.45) is 15.8. The van der Waals surface area contributed by atoms with Crippen molar-refractivity contribution in [3.05, 3.63) is 215 Å². The van der Waals surface area contributed by atoms with Crippen LogP contribution in [0, 0.1) is 0 Å². The second kappa shape index (κ2) is 14.5. The van der Waals surface area contributed by atoms with E-state index >= 15 is 0 Å². The van der Waals surface area contributed by atoms with E-state index in [0.29, 0.717) is 0 Å². The zero-order valence-electron chi connectivity index (χ0n) is 36.6. The average molecular weight is 841 g/mol. The number of hydrogen-bond donors (Lipinski definition) is 2. The number of nitrogens with one attached hydrogen (secondary N) is 1. The third-order valence-electron chi connectivity index (χ3n) is 14.7. The molecule has 0 radical (unpaired) electrons. The van der Waals surface area contributed by atoms with Gasteiger partial charge in [0.05, 0.1) is 22.8 Å². The van der Waals surface area contributed by atoms with Crippen LogP contribution in [0.4, 0.5) is 0 Å². The minimum Gasteiger partial charge on any atom is -0.456 e. The Kier molecular flexibility index (Phi) is 8.44. The van der Waals surface area contributed by atoms with Gasteiger partial charge in [-0.2, -0.15) is 0 Å². The molecule has 3 aromatic heterocycles. The van der Waals surface area contributed by atoms with Gasteiger partial charge in [0.25, 0.3) is 0 Å². The molecular weight excluding hydrogens is 793 g/mol. The highest BCUT2D eigenvalue weighted by atomic mass is 16.3. The molecule has 0 spiro atoms. The predicted molar refractivity (Wildman–Crippen MR) is 271 cm³/mol. The third kappa shape index (κ3) is 5.75. The van der Waals surface area contributed by atoms with Crippen LogP contribution in [0.15, 0.2) is 186 Å². The fourth-order valence-electron chi connectivity index (χ4n) is 11.5. The Morgan fingerprint density at radius 1 is 0.646 bits per heavy atom. The number of para-hydroxylation sites is 1. The maximum atomic E-state index is 6.69. The molecule has 3 aliphatic carbocycles. The van der Waals surface area contributed by atoms with Crippen molar-refractivity contribution in [2.75, 3.05) is 0 Å². The Balaban J connectivity index is 1.03. The SMILES string of the molecule is CC1(C)C2=C(CCC=C2)c2cc3c4cc(-c5ccc6oc7cc8c(cc7c6c5)c5c(n8-c6ccccc6)C=CCC5)ccc4n(C(/C=C(\NN)c4ccccc4)c4ccccc4)c3cc21. The predicted octanol–water partition coefficient (Wildman–Crippen LogP) is 14.8. The molecule has 1 unspecified atom stereocenters. The molecule has 0 saturated carbocycles. The number of nitrogens with zero attached hydrogens (tertiary/aromatic N) is 2. The molecule has 3 N–H and O–H groups in total. The zero-order valence-corrected chi connectivity index (χ0v) is 36.6. The highest BCUT2D eigenvalue weighted by Gasteiger charge is 2.38. The van der Waals surface area contributed by atoms with E-state index in [1.54, 1.807) is 0 Å². The van der Waals surface area contributed by atoms with Crippen LogP contribution in [0.1, 0.15) is 72.7 Å². The van der Waals surface area contributed by atoms with Crippen molar-refractivity contribution < 1.29 is 4.42 Å². The lowest BCUT2D eigenvalue weighted by Gasteiger charge is -2.25. The highest BCUT2D eigenvalue weighted by molar-refractivity contribution is 6.14. The number of aryl methyl sites for hydroxylation is 1. The standard InChI is InChI=1S/C60H48N4O/c1-60(2)50-24-14-12-22-42(50)44-32-47-45-30-39(26-28-54(45)64(56(47)34-51(44)60)55(38-18-8-4-9-19-38)35-52(62-61)37-16-6-3-7-17-37)40-27-29-58-48(31-40)49-33-46-43-23-13-15-25-53(43)63(41-20-10-5-11-21-41)57(46)36-59(49)65-58/h3-11,14-21,24-36,55,62H,12-13,22-23,61H2,1-2H3/b52-35-. The van der Waals surface area contributed by atoms with E-state index in [-0.39, 0.29) is 11.5 Å². The fraction of sp³-hybridized carbons (Fsp3) is 0.133. The molecule has 10 aromatic rings. The van der Waals surface area contributed by atoms with Gasteiger partial charge in [-0.1, -0.05) is 123 Å². The van der Waals surface area contributed by atoms with Gasteiger partial charge >= 0.3 is 0 Å². The van der Waals surface area contributed by atoms with E-state index in [1.165, 1.54) is 83.1 Å². The second-order valence-electron chi connectivity index (χ2n) is 18.6. The zero-order chi connectivity index (χ0) is 43.4. The molecule has 13 rings (SSSR count). The van der Waals surface area contributed by atoms with Crippen molar-refractivity contribution in [3.63, 3.8) is 0 Å². The first-order chi connectivity index (χ1) is 31.9. The quantitative estimate of drug-likeness (QED) is 0.124. The number of furan rings is 1. The number of aromatic nitrogens is 2. The number of fused-ring (bicyclic) bond motifs is 11. The van der Waals surface area contributed by atoms with Crippen molar-refractivity contribution >= 4 is 72.0 Å². The van der Waals surface area contributed by atoms with Gasteiger partial charge < -0.3 is 19.0 Å². The fourth-order valence-corrected chi connectivity index (χ4v) is 11.5. The second-order valence-corrected chi connectivity index (χ2v) is 18.6. The average Bonchev–Trinajstić information content (AvgIpc) is 4.05. The summed E-state index contributed by atoms with van der Waals surface area (Å²) in [5.74, 6) is 6.37. The van der Waals surface area contributed by atoms with Crippen molar-refractivity contribution in [3.8, 4) is 16.8 Å². The topological polar surface area (TPSA) is 61.0 Å². The number of hydrazine groups is 1. The molecule has 5 nitrogen and oxygen atoms in total. The number of rotatable bonds is 7. The summed E-state index contributed by atoms with van der Waals surface area (Å²) < 4.78 is 11.6. The molecule has 3 aliphatic rings. The van der Waals surface area contributed by atoms with E-state index in [1.807, 2.05) is 6.07 Å². The first-order valence-electron chi connectivity index (χ1n) is 23.0. The van der Waals surface area contributed by atoms with Gasteiger partial charge in [-0.15, -0.1) is 0 Å². The molecule has 5 heteroatoms. The van der Waals surface area contributed by atoms with E-state index in [9.17, 15) is 0 Å². The number of nitrogens with two attached hydrogens (primary N) is 1. The summed E-state index contributed by atoms with van der Waals surface area (Å²) in [5.41, 5.74) is 23.4. The summed E-state index contributed by atoms with van der Waals surface area (Å²) in [6, 6.07) is 55.2. The molecule has 7 aromatic carbocycles. The minimum absolute atomic E-state index is 0.108. The van der Waals surface area contributed by atoms with Gasteiger partial charge in [0.2, 0.25) is 0 Å².